The van der Waals surface area contributed by atoms with Crippen LogP contribution in [0, 0.1) is 5.92 Å². The first-order valence-electron chi connectivity index (χ1n) is 37.7. The van der Waals surface area contributed by atoms with Gasteiger partial charge >= 0.3 is 39.5 Å². The van der Waals surface area contributed by atoms with Crippen molar-refractivity contribution in [3.8, 4) is 0 Å². The van der Waals surface area contributed by atoms with Gasteiger partial charge in [-0.05, 0) is 31.6 Å². The highest BCUT2D eigenvalue weighted by atomic mass is 31.2. The largest absolute Gasteiger partial charge is 0.472 e. The second-order valence-corrected chi connectivity index (χ2v) is 29.1. The molecule has 0 aromatic rings. The molecule has 0 radical (unpaired) electrons. The quantitative estimate of drug-likeness (QED) is 0.0222. The van der Waals surface area contributed by atoms with Crippen molar-refractivity contribution < 1.29 is 80.2 Å². The minimum atomic E-state index is -4.95. The third-order valence-electron chi connectivity index (χ3n) is 17.1. The average molecular weight is 1340 g/mol. The molecule has 3 unspecified atom stereocenters. The van der Waals surface area contributed by atoms with E-state index in [1.54, 1.807) is 0 Å². The molecule has 19 heteroatoms. The van der Waals surface area contributed by atoms with E-state index in [9.17, 15) is 43.2 Å². The third kappa shape index (κ3) is 65.1. The normalized spacial score (nSPS) is 14.3. The van der Waals surface area contributed by atoms with Gasteiger partial charge in [0.2, 0.25) is 0 Å². The summed E-state index contributed by atoms with van der Waals surface area (Å²) in [5, 5.41) is 10.5. The summed E-state index contributed by atoms with van der Waals surface area (Å²) in [7, 11) is -9.89. The lowest BCUT2D eigenvalue weighted by atomic mass is 9.99. The molecular weight excluding hydrogens is 1200 g/mol. The SMILES string of the molecule is CCCCCCCCCCCCCCCCCCCCCCC(=O)O[C@H](COC(=O)CCCCCCCCCCCCCCCCC(C)CC)COP(=O)(O)OC[C@@H](O)COP(=O)(O)OC[C@@H](COC(=O)CCCCCCC)OC(=O)CCCCCCCCCC. The molecule has 0 aliphatic heterocycles. The van der Waals surface area contributed by atoms with Crippen molar-refractivity contribution in [2.75, 3.05) is 39.6 Å². The van der Waals surface area contributed by atoms with E-state index in [4.69, 9.17) is 37.0 Å². The number of aliphatic hydroxyl groups is 1. The van der Waals surface area contributed by atoms with Crippen molar-refractivity contribution >= 4 is 39.5 Å². The van der Waals surface area contributed by atoms with Crippen molar-refractivity contribution in [3.05, 3.63) is 0 Å². The summed E-state index contributed by atoms with van der Waals surface area (Å²) in [4.78, 5) is 72.2. The molecule has 0 heterocycles. The van der Waals surface area contributed by atoms with Gasteiger partial charge in [0, 0.05) is 25.7 Å². The molecule has 0 aliphatic rings. The number of phosphoric acid groups is 2. The Labute approximate surface area is 556 Å². The summed E-state index contributed by atoms with van der Waals surface area (Å²) in [6.07, 6.45) is 53.3. The molecule has 6 atom stereocenters. The highest BCUT2D eigenvalue weighted by molar-refractivity contribution is 7.47. The Morgan fingerprint density at radius 3 is 0.780 bits per heavy atom. The number of rotatable bonds is 72. The van der Waals surface area contributed by atoms with Crippen LogP contribution in [0.1, 0.15) is 375 Å². The Morgan fingerprint density at radius 2 is 0.527 bits per heavy atom. The van der Waals surface area contributed by atoms with E-state index in [0.29, 0.717) is 25.7 Å². The molecule has 0 amide bonds. The average Bonchev–Trinajstić information content (AvgIpc) is 2.18. The molecule has 0 aliphatic carbocycles. The van der Waals surface area contributed by atoms with Crippen molar-refractivity contribution in [3.63, 3.8) is 0 Å². The number of unbranched alkanes of at least 4 members (excludes halogenated alkanes) is 43. The molecule has 0 aromatic carbocycles. The molecule has 0 aromatic heterocycles. The Hall–Kier alpha value is -1.94. The number of ether oxygens (including phenoxy) is 4. The first-order valence-corrected chi connectivity index (χ1v) is 40.7. The second-order valence-electron chi connectivity index (χ2n) is 26.2. The van der Waals surface area contributed by atoms with E-state index in [2.05, 4.69) is 34.6 Å². The summed E-state index contributed by atoms with van der Waals surface area (Å²) in [6, 6.07) is 0. The Balaban J connectivity index is 5.10. The summed E-state index contributed by atoms with van der Waals surface area (Å²) < 4.78 is 68.0. The number of carbonyl (C=O) groups excluding carboxylic acids is 4. The van der Waals surface area contributed by atoms with Crippen LogP contribution < -0.4 is 0 Å². The summed E-state index contributed by atoms with van der Waals surface area (Å²) in [5.41, 5.74) is 0. The molecule has 0 spiro atoms. The van der Waals surface area contributed by atoms with Gasteiger partial charge in [0.25, 0.3) is 0 Å². The summed E-state index contributed by atoms with van der Waals surface area (Å²) in [5.74, 6) is -1.28. The molecular formula is C72H140O17P2. The smallest absolute Gasteiger partial charge is 0.462 e. The molecule has 3 N–H and O–H groups in total. The van der Waals surface area contributed by atoms with Gasteiger partial charge in [-0.3, -0.25) is 37.3 Å². The number of hydrogen-bond donors (Lipinski definition) is 3. The van der Waals surface area contributed by atoms with Crippen LogP contribution in [0.15, 0.2) is 0 Å². The number of phosphoric ester groups is 2. The fourth-order valence-electron chi connectivity index (χ4n) is 11.0. The number of aliphatic hydroxyl groups excluding tert-OH is 1. The highest BCUT2D eigenvalue weighted by Crippen LogP contribution is 2.45. The zero-order valence-corrected chi connectivity index (χ0v) is 60.8. The van der Waals surface area contributed by atoms with Crippen LogP contribution >= 0.6 is 15.6 Å². The molecule has 0 saturated carbocycles. The fraction of sp³-hybridized carbons (Fsp3) is 0.944. The summed E-state index contributed by atoms with van der Waals surface area (Å²) >= 11 is 0. The van der Waals surface area contributed by atoms with E-state index in [1.165, 1.54) is 186 Å². The predicted molar refractivity (Wildman–Crippen MR) is 368 cm³/mol. The maximum Gasteiger partial charge on any atom is 0.472 e. The predicted octanol–water partition coefficient (Wildman–Crippen LogP) is 20.9. The van der Waals surface area contributed by atoms with Crippen molar-refractivity contribution in [1.29, 1.82) is 0 Å². The van der Waals surface area contributed by atoms with Gasteiger partial charge in [-0.1, -0.05) is 324 Å². The fourth-order valence-corrected chi connectivity index (χ4v) is 12.5. The van der Waals surface area contributed by atoms with Gasteiger partial charge in [-0.15, -0.1) is 0 Å². The molecule has 0 bridgehead atoms. The molecule has 0 saturated heterocycles. The lowest BCUT2D eigenvalue weighted by Gasteiger charge is -2.21. The van der Waals surface area contributed by atoms with Crippen LogP contribution in [0.2, 0.25) is 0 Å². The Morgan fingerprint density at radius 1 is 0.308 bits per heavy atom. The lowest BCUT2D eigenvalue weighted by Crippen LogP contribution is -2.30. The van der Waals surface area contributed by atoms with Gasteiger partial charge < -0.3 is 33.8 Å². The zero-order valence-electron chi connectivity index (χ0n) is 59.0. The van der Waals surface area contributed by atoms with Crippen molar-refractivity contribution in [2.24, 2.45) is 5.92 Å². The summed E-state index contributed by atoms with van der Waals surface area (Å²) in [6.45, 7) is 7.19. The highest BCUT2D eigenvalue weighted by Gasteiger charge is 2.30. The van der Waals surface area contributed by atoms with Crippen molar-refractivity contribution in [1.82, 2.24) is 0 Å². The molecule has 0 rings (SSSR count). The van der Waals surface area contributed by atoms with Crippen molar-refractivity contribution in [2.45, 2.75) is 393 Å². The maximum absolute atomic E-state index is 13.1. The van der Waals surface area contributed by atoms with E-state index < -0.39 is 97.5 Å². The Kier molecular flexibility index (Phi) is 64.0. The zero-order chi connectivity index (χ0) is 67.0. The molecule has 17 nitrogen and oxygen atoms in total. The van der Waals surface area contributed by atoms with Crippen LogP contribution in [0.25, 0.3) is 0 Å². The van der Waals surface area contributed by atoms with Crippen LogP contribution in [0.5, 0.6) is 0 Å². The minimum Gasteiger partial charge on any atom is -0.462 e. The van der Waals surface area contributed by atoms with Gasteiger partial charge in [0.1, 0.15) is 19.3 Å². The van der Waals surface area contributed by atoms with Crippen LogP contribution in [0.4, 0.5) is 0 Å². The monoisotopic (exact) mass is 1340 g/mol. The molecule has 540 valence electrons. The van der Waals surface area contributed by atoms with E-state index >= 15 is 0 Å². The van der Waals surface area contributed by atoms with Gasteiger partial charge in [0.05, 0.1) is 26.4 Å². The lowest BCUT2D eigenvalue weighted by molar-refractivity contribution is -0.161. The van der Waals surface area contributed by atoms with Gasteiger partial charge in [-0.2, -0.15) is 0 Å². The molecule has 0 fully saturated rings. The first kappa shape index (κ1) is 89.1. The second kappa shape index (κ2) is 65.4. The van der Waals surface area contributed by atoms with E-state index in [1.807, 2.05) is 0 Å². The van der Waals surface area contributed by atoms with Crippen LogP contribution in [-0.2, 0) is 65.4 Å². The van der Waals surface area contributed by atoms with Crippen LogP contribution in [-0.4, -0.2) is 96.7 Å². The van der Waals surface area contributed by atoms with Gasteiger partial charge in [-0.25, -0.2) is 9.13 Å². The maximum atomic E-state index is 13.1. The van der Waals surface area contributed by atoms with Crippen LogP contribution in [0.3, 0.4) is 0 Å². The topological polar surface area (TPSA) is 237 Å². The number of carbonyl (C=O) groups is 4. The number of esters is 4. The minimum absolute atomic E-state index is 0.104. The Bertz CT molecular complexity index is 1760. The third-order valence-corrected chi connectivity index (χ3v) is 19.0. The van der Waals surface area contributed by atoms with E-state index in [0.717, 1.165) is 109 Å². The standard InChI is InChI=1S/C72H140O17P2/c1-6-10-13-16-18-20-21-22-23-24-25-26-27-28-33-36-39-43-48-53-58-72(77)89-68(62-83-70(75)56-51-46-42-38-35-32-30-29-31-34-37-40-45-49-54-65(5)9-4)64-87-91(80,81)85-60-66(73)59-84-90(78,79)86-63-67(61-82-69(74)55-50-44-15-12-8-3)88-71(76)57-52-47-41-19-17-14-11-7-2/h65-68,73H,6-64H2,1-5H3,(H,78,79)(H,80,81)/t65?,66-,67+,68+/m0/s1. The van der Waals surface area contributed by atoms with E-state index in [-0.39, 0.29) is 25.7 Å². The first-order chi connectivity index (χ1) is 44.1. The molecule has 91 heavy (non-hydrogen) atoms. The number of hydrogen-bond acceptors (Lipinski definition) is 15. The van der Waals surface area contributed by atoms with Gasteiger partial charge in [0.15, 0.2) is 12.2 Å².